The third-order valence-electron chi connectivity index (χ3n) is 4.13. The first-order valence-corrected chi connectivity index (χ1v) is 9.21. The van der Waals surface area contributed by atoms with Gasteiger partial charge in [-0.2, -0.15) is 4.98 Å². The molecule has 28 heavy (non-hydrogen) atoms. The number of anilines is 1. The van der Waals surface area contributed by atoms with E-state index in [1.54, 1.807) is 24.1 Å². The molecular weight excluding hydrogens is 380 g/mol. The quantitative estimate of drug-likeness (QED) is 0.552. The SMILES string of the molecule is CC(C)c1ccc(-c2noc(COC(=O)CN(C)c3ccc(Cl)cn3)n2)cc1. The van der Waals surface area contributed by atoms with Crippen LogP contribution in [0.5, 0.6) is 0 Å². The number of rotatable bonds is 7. The van der Waals surface area contributed by atoms with Gasteiger partial charge in [0.1, 0.15) is 12.4 Å². The van der Waals surface area contributed by atoms with Crippen molar-refractivity contribution in [3.05, 3.63) is 59.1 Å². The molecule has 0 saturated heterocycles. The number of esters is 1. The summed E-state index contributed by atoms with van der Waals surface area (Å²) in [6.45, 7) is 4.22. The first-order valence-electron chi connectivity index (χ1n) is 8.83. The van der Waals surface area contributed by atoms with E-state index in [2.05, 4.69) is 29.0 Å². The Morgan fingerprint density at radius 3 is 2.61 bits per heavy atom. The van der Waals surface area contributed by atoms with Gasteiger partial charge in [-0.15, -0.1) is 0 Å². The second kappa shape index (κ2) is 8.84. The Morgan fingerprint density at radius 2 is 1.96 bits per heavy atom. The second-order valence-electron chi connectivity index (χ2n) is 6.64. The van der Waals surface area contributed by atoms with Crippen molar-refractivity contribution in [3.63, 3.8) is 0 Å². The fourth-order valence-electron chi connectivity index (χ4n) is 2.50. The molecule has 0 saturated carbocycles. The Labute approximate surface area is 168 Å². The van der Waals surface area contributed by atoms with Crippen LogP contribution in [0.2, 0.25) is 5.02 Å². The number of likely N-dealkylation sites (N-methyl/N-ethyl adjacent to an activating group) is 1. The summed E-state index contributed by atoms with van der Waals surface area (Å²) in [5.74, 6) is 1.34. The van der Waals surface area contributed by atoms with E-state index in [0.717, 1.165) is 5.56 Å². The van der Waals surface area contributed by atoms with Crippen LogP contribution in [0.1, 0.15) is 31.2 Å². The highest BCUT2D eigenvalue weighted by molar-refractivity contribution is 6.30. The lowest BCUT2D eigenvalue weighted by atomic mass is 10.0. The third-order valence-corrected chi connectivity index (χ3v) is 4.35. The number of carbonyl (C=O) groups excluding carboxylic acids is 1. The number of aromatic nitrogens is 3. The maximum absolute atomic E-state index is 12.0. The monoisotopic (exact) mass is 400 g/mol. The molecule has 0 atom stereocenters. The molecule has 0 fully saturated rings. The molecule has 0 N–H and O–H groups in total. The van der Waals surface area contributed by atoms with Crippen LogP contribution in [-0.4, -0.2) is 34.7 Å². The Morgan fingerprint density at radius 1 is 1.21 bits per heavy atom. The van der Waals surface area contributed by atoms with Gasteiger partial charge in [0.2, 0.25) is 5.82 Å². The topological polar surface area (TPSA) is 81.4 Å². The Hall–Kier alpha value is -2.93. The lowest BCUT2D eigenvalue weighted by Crippen LogP contribution is -2.27. The van der Waals surface area contributed by atoms with Gasteiger partial charge in [0.15, 0.2) is 6.61 Å². The minimum absolute atomic E-state index is 0.0340. The summed E-state index contributed by atoms with van der Waals surface area (Å²) in [6.07, 6.45) is 1.52. The summed E-state index contributed by atoms with van der Waals surface area (Å²) >= 11 is 5.81. The standard InChI is InChI=1S/C20H21ClN4O3/c1-13(2)14-4-6-15(7-5-14)20-23-18(28-24-20)12-27-19(26)11-25(3)17-9-8-16(21)10-22-17/h4-10,13H,11-12H2,1-3H3. The molecule has 0 amide bonds. The number of benzene rings is 1. The Bertz CT molecular complexity index is 923. The summed E-state index contributed by atoms with van der Waals surface area (Å²) in [6, 6.07) is 11.4. The highest BCUT2D eigenvalue weighted by atomic mass is 35.5. The predicted molar refractivity (Wildman–Crippen MR) is 106 cm³/mol. The minimum atomic E-state index is -0.430. The fourth-order valence-corrected chi connectivity index (χ4v) is 2.62. The lowest BCUT2D eigenvalue weighted by Gasteiger charge is -2.16. The van der Waals surface area contributed by atoms with Crippen LogP contribution in [-0.2, 0) is 16.1 Å². The van der Waals surface area contributed by atoms with E-state index in [1.165, 1.54) is 11.8 Å². The summed E-state index contributed by atoms with van der Waals surface area (Å²) in [4.78, 5) is 22.1. The maximum atomic E-state index is 12.0. The first-order chi connectivity index (χ1) is 13.4. The summed E-state index contributed by atoms with van der Waals surface area (Å²) < 4.78 is 10.4. The number of halogens is 1. The molecule has 2 aromatic heterocycles. The summed E-state index contributed by atoms with van der Waals surface area (Å²) in [5, 5.41) is 4.48. The van der Waals surface area contributed by atoms with Crippen LogP contribution in [0.15, 0.2) is 47.1 Å². The molecule has 0 aliphatic heterocycles. The van der Waals surface area contributed by atoms with Crippen molar-refractivity contribution in [1.29, 1.82) is 0 Å². The smallest absolute Gasteiger partial charge is 0.326 e. The number of hydrogen-bond donors (Lipinski definition) is 0. The van der Waals surface area contributed by atoms with Gasteiger partial charge in [-0.05, 0) is 23.6 Å². The van der Waals surface area contributed by atoms with E-state index in [-0.39, 0.29) is 19.0 Å². The normalized spacial score (nSPS) is 10.9. The molecule has 1 aromatic carbocycles. The zero-order chi connectivity index (χ0) is 20.1. The van der Waals surface area contributed by atoms with E-state index in [0.29, 0.717) is 22.6 Å². The molecule has 146 valence electrons. The molecular formula is C20H21ClN4O3. The van der Waals surface area contributed by atoms with Crippen molar-refractivity contribution in [1.82, 2.24) is 15.1 Å². The summed E-state index contributed by atoms with van der Waals surface area (Å²) in [5.41, 5.74) is 2.08. The van der Waals surface area contributed by atoms with Crippen LogP contribution in [0.4, 0.5) is 5.82 Å². The fraction of sp³-hybridized carbons (Fsp3) is 0.300. The van der Waals surface area contributed by atoms with Crippen molar-refractivity contribution in [2.24, 2.45) is 0 Å². The molecule has 2 heterocycles. The van der Waals surface area contributed by atoms with Crippen molar-refractivity contribution in [2.45, 2.75) is 26.4 Å². The maximum Gasteiger partial charge on any atom is 0.326 e. The Kier molecular flexibility index (Phi) is 6.26. The molecule has 0 aliphatic rings. The van der Waals surface area contributed by atoms with E-state index in [4.69, 9.17) is 20.9 Å². The van der Waals surface area contributed by atoms with Crippen molar-refractivity contribution >= 4 is 23.4 Å². The molecule has 8 heteroatoms. The van der Waals surface area contributed by atoms with Gasteiger partial charge < -0.3 is 14.2 Å². The van der Waals surface area contributed by atoms with Crippen molar-refractivity contribution in [2.75, 3.05) is 18.5 Å². The summed E-state index contributed by atoms with van der Waals surface area (Å²) in [7, 11) is 1.74. The van der Waals surface area contributed by atoms with Gasteiger partial charge in [0.05, 0.1) is 5.02 Å². The molecule has 7 nitrogen and oxygen atoms in total. The minimum Gasteiger partial charge on any atom is -0.454 e. The molecule has 3 aromatic rings. The highest BCUT2D eigenvalue weighted by Gasteiger charge is 2.14. The zero-order valence-corrected chi connectivity index (χ0v) is 16.7. The molecule has 0 aliphatic carbocycles. The Balaban J connectivity index is 1.53. The van der Waals surface area contributed by atoms with Crippen LogP contribution < -0.4 is 4.90 Å². The second-order valence-corrected chi connectivity index (χ2v) is 7.08. The third kappa shape index (κ3) is 5.07. The average Bonchev–Trinajstić information content (AvgIpc) is 3.16. The number of ether oxygens (including phenoxy) is 1. The van der Waals surface area contributed by atoms with Crippen LogP contribution in [0.25, 0.3) is 11.4 Å². The average molecular weight is 401 g/mol. The van der Waals surface area contributed by atoms with Crippen LogP contribution >= 0.6 is 11.6 Å². The van der Waals surface area contributed by atoms with Gasteiger partial charge >= 0.3 is 5.97 Å². The number of carbonyl (C=O) groups is 1. The van der Waals surface area contributed by atoms with Gasteiger partial charge in [-0.1, -0.05) is 54.9 Å². The molecule has 0 unspecified atom stereocenters. The number of pyridine rings is 1. The van der Waals surface area contributed by atoms with Gasteiger partial charge in [0.25, 0.3) is 5.89 Å². The molecule has 0 radical (unpaired) electrons. The zero-order valence-electron chi connectivity index (χ0n) is 15.9. The van der Waals surface area contributed by atoms with Gasteiger partial charge in [-0.25, -0.2) is 4.98 Å². The largest absolute Gasteiger partial charge is 0.454 e. The van der Waals surface area contributed by atoms with Gasteiger partial charge in [0, 0.05) is 18.8 Å². The first kappa shape index (κ1) is 19.8. The highest BCUT2D eigenvalue weighted by Crippen LogP contribution is 2.20. The van der Waals surface area contributed by atoms with Crippen LogP contribution in [0, 0.1) is 0 Å². The van der Waals surface area contributed by atoms with Gasteiger partial charge in [-0.3, -0.25) is 4.79 Å². The molecule has 0 bridgehead atoms. The van der Waals surface area contributed by atoms with E-state index in [1.807, 2.05) is 24.3 Å². The van der Waals surface area contributed by atoms with E-state index < -0.39 is 5.97 Å². The van der Waals surface area contributed by atoms with Crippen molar-refractivity contribution in [3.8, 4) is 11.4 Å². The number of hydrogen-bond acceptors (Lipinski definition) is 7. The lowest BCUT2D eigenvalue weighted by molar-refractivity contribution is -0.144. The predicted octanol–water partition coefficient (Wildman–Crippen LogP) is 4.09. The molecule has 3 rings (SSSR count). The number of nitrogens with zero attached hydrogens (tertiary/aromatic N) is 4. The van der Waals surface area contributed by atoms with Crippen LogP contribution in [0.3, 0.4) is 0 Å². The van der Waals surface area contributed by atoms with E-state index >= 15 is 0 Å². The molecule has 0 spiro atoms. The van der Waals surface area contributed by atoms with E-state index in [9.17, 15) is 4.79 Å². The van der Waals surface area contributed by atoms with Crippen molar-refractivity contribution < 1.29 is 14.1 Å².